The highest BCUT2D eigenvalue weighted by atomic mass is 31.2. The number of phosphoric ester groups is 1. The maximum Gasteiger partial charge on any atom is 0.472 e. The second kappa shape index (κ2) is 35.1. The van der Waals surface area contributed by atoms with Gasteiger partial charge in [-0.1, -0.05) is 41.5 Å². The summed E-state index contributed by atoms with van der Waals surface area (Å²) >= 11 is 0. The third kappa shape index (κ3) is 21.5. The first-order valence-corrected chi connectivity index (χ1v) is 33.2. The van der Waals surface area contributed by atoms with Crippen LogP contribution >= 0.6 is 15.4 Å². The Labute approximate surface area is 502 Å². The van der Waals surface area contributed by atoms with Crippen LogP contribution in [0.15, 0.2) is 0 Å². The minimum atomic E-state index is -4.96. The van der Waals surface area contributed by atoms with Gasteiger partial charge in [-0.05, 0) is 50.9 Å². The first kappa shape index (κ1) is 74.7. The molecule has 6 saturated heterocycles. The van der Waals surface area contributed by atoms with Crippen molar-refractivity contribution in [2.24, 2.45) is 23.7 Å². The van der Waals surface area contributed by atoms with Crippen LogP contribution in [0.25, 0.3) is 0 Å². The van der Waals surface area contributed by atoms with Crippen molar-refractivity contribution in [2.75, 3.05) is 85.8 Å². The zero-order chi connectivity index (χ0) is 63.8. The minimum Gasteiger partial charge on any atom is -0.394 e. The van der Waals surface area contributed by atoms with Crippen LogP contribution in [0.3, 0.4) is 0 Å². The Bertz CT molecular complexity index is 2150. The zero-order valence-electron chi connectivity index (χ0n) is 50.5. The first-order valence-electron chi connectivity index (χ1n) is 30.0. The van der Waals surface area contributed by atoms with E-state index in [1.807, 2.05) is 0 Å². The highest BCUT2D eigenvalue weighted by Gasteiger charge is 2.47. The Hall–Kier alpha value is -2.01. The largest absolute Gasteiger partial charge is 0.472 e. The van der Waals surface area contributed by atoms with Gasteiger partial charge in [-0.2, -0.15) is 0 Å². The molecule has 0 bridgehead atoms. The topological polar surface area (TPSA) is 430 Å². The zero-order valence-corrected chi connectivity index (χ0v) is 52.3. The van der Waals surface area contributed by atoms with Crippen LogP contribution in [0.2, 0.25) is 0 Å². The second-order valence-corrected chi connectivity index (χ2v) is 27.5. The maximum atomic E-state index is 13.9. The molecule has 0 aromatic heterocycles. The Kier molecular flexibility index (Phi) is 30.5. The van der Waals surface area contributed by atoms with Crippen molar-refractivity contribution in [1.82, 2.24) is 14.7 Å². The van der Waals surface area contributed by atoms with Crippen LogP contribution < -0.4 is 0 Å². The van der Waals surface area contributed by atoms with Gasteiger partial charge in [-0.3, -0.25) is 28.0 Å². The van der Waals surface area contributed by atoms with Gasteiger partial charge >= 0.3 is 15.4 Å². The maximum absolute atomic E-state index is 13.9. The van der Waals surface area contributed by atoms with Crippen molar-refractivity contribution in [1.29, 1.82) is 0 Å². The predicted octanol–water partition coefficient (Wildman–Crippen LogP) is -1.46. The lowest BCUT2D eigenvalue weighted by Crippen LogP contribution is -2.55. The number of carbonyl (C=O) groups excluding carboxylic acids is 3. The molecule has 6 fully saturated rings. The first-order chi connectivity index (χ1) is 40.5. The molecule has 0 aromatic rings. The van der Waals surface area contributed by atoms with E-state index in [1.54, 1.807) is 20.8 Å². The molecule has 23 atom stereocenters. The van der Waals surface area contributed by atoms with E-state index in [0.717, 1.165) is 5.92 Å². The fourth-order valence-corrected chi connectivity index (χ4v) is 13.7. The van der Waals surface area contributed by atoms with E-state index in [9.17, 15) is 84.4 Å². The summed E-state index contributed by atoms with van der Waals surface area (Å²) in [7, 11) is -7.98. The summed E-state index contributed by atoms with van der Waals surface area (Å²) < 4.78 is 83.6. The predicted molar refractivity (Wildman–Crippen MR) is 300 cm³/mol. The van der Waals surface area contributed by atoms with Crippen molar-refractivity contribution in [2.45, 2.75) is 216 Å². The molecule has 0 radical (unpaired) electrons. The van der Waals surface area contributed by atoms with Gasteiger partial charge in [0.1, 0.15) is 36.6 Å². The molecule has 0 aliphatic carbocycles. The molecular formula is C54H99N3O27P2. The lowest BCUT2D eigenvalue weighted by atomic mass is 9.92. The number of methoxy groups -OCH3 is 1. The van der Waals surface area contributed by atoms with E-state index < -0.39 is 188 Å². The molecule has 6 aliphatic heterocycles. The SMILES string of the molecule is CC(C)C.COC[C@@H]1C[C@@H](OP(=O)(O)CC[C@@H]2C[C@@H](OP(=O)(O)OC[C@@H]3C[C@@H](O)CN3C(=O)CCCO[C@@H]3OC(CO)[C@H](O)[C@H](O)C3C)CN2C(=O)CCCO[C@@H]2OC(CO)[C@H](O)[C@H](O)C2C)CN1C(=O)CCCO[C@@H]1OC(CO)[C@H](O)[C@H](O)C1C. The minimum absolute atomic E-state index is 0.00146. The van der Waals surface area contributed by atoms with Crippen molar-refractivity contribution < 1.29 is 131 Å². The summed E-state index contributed by atoms with van der Waals surface area (Å²) in [6.07, 6.45) is -17.0. The van der Waals surface area contributed by atoms with Gasteiger partial charge in [-0.25, -0.2) is 4.57 Å². The van der Waals surface area contributed by atoms with Gasteiger partial charge in [-0.15, -0.1) is 0 Å². The number of carbonyl (C=O) groups is 3. The number of ether oxygens (including phenoxy) is 7. The molecular weight excluding hydrogens is 1180 g/mol. The van der Waals surface area contributed by atoms with Gasteiger partial charge in [0.2, 0.25) is 17.7 Å². The molecule has 6 aliphatic rings. The normalized spacial score (nSPS) is 37.3. The van der Waals surface area contributed by atoms with Crippen molar-refractivity contribution >= 4 is 33.1 Å². The molecule has 0 aromatic carbocycles. The number of nitrogens with zero attached hydrogens (tertiary/aromatic N) is 3. The van der Waals surface area contributed by atoms with E-state index in [0.29, 0.717) is 0 Å². The Balaban J connectivity index is 0.00000327. The lowest BCUT2D eigenvalue weighted by molar-refractivity contribution is -0.282. The van der Waals surface area contributed by atoms with Crippen LogP contribution in [0.1, 0.15) is 106 Å². The molecule has 12 N–H and O–H groups in total. The molecule has 6 heterocycles. The molecule has 502 valence electrons. The fourth-order valence-electron chi connectivity index (χ4n) is 11.4. The van der Waals surface area contributed by atoms with Crippen LogP contribution in [0, 0.1) is 23.7 Å². The van der Waals surface area contributed by atoms with E-state index in [2.05, 4.69) is 20.8 Å². The Morgan fingerprint density at radius 3 is 1.29 bits per heavy atom. The molecule has 6 rings (SSSR count). The molecule has 86 heavy (non-hydrogen) atoms. The van der Waals surface area contributed by atoms with Crippen molar-refractivity contribution in [3.63, 3.8) is 0 Å². The van der Waals surface area contributed by atoms with E-state index in [-0.39, 0.29) is 116 Å². The van der Waals surface area contributed by atoms with Gasteiger partial charge < -0.3 is 113 Å². The van der Waals surface area contributed by atoms with Crippen LogP contribution in [-0.2, 0) is 70.2 Å². The van der Waals surface area contributed by atoms with Crippen LogP contribution in [0.5, 0.6) is 0 Å². The van der Waals surface area contributed by atoms with Gasteiger partial charge in [0.05, 0.1) is 108 Å². The molecule has 0 saturated carbocycles. The lowest BCUT2D eigenvalue weighted by Gasteiger charge is -2.40. The molecule has 30 nitrogen and oxygen atoms in total. The Morgan fingerprint density at radius 2 is 0.895 bits per heavy atom. The summed E-state index contributed by atoms with van der Waals surface area (Å²) in [6.45, 7) is 8.81. The Morgan fingerprint density at radius 1 is 0.535 bits per heavy atom. The van der Waals surface area contributed by atoms with Crippen molar-refractivity contribution in [3.05, 3.63) is 0 Å². The van der Waals surface area contributed by atoms with Crippen molar-refractivity contribution in [3.8, 4) is 0 Å². The average Bonchev–Trinajstić information content (AvgIpc) is 3.35. The quantitative estimate of drug-likeness (QED) is 0.0289. The van der Waals surface area contributed by atoms with Gasteiger partial charge in [0.15, 0.2) is 18.9 Å². The van der Waals surface area contributed by atoms with Gasteiger partial charge in [0.25, 0.3) is 0 Å². The number of phosphoric acid groups is 1. The summed E-state index contributed by atoms with van der Waals surface area (Å²) in [5.41, 5.74) is 0. The molecule has 8 unspecified atom stereocenters. The monoisotopic (exact) mass is 1280 g/mol. The fraction of sp³-hybridized carbons (Fsp3) is 0.944. The number of aliphatic hydroxyl groups is 10. The summed E-state index contributed by atoms with van der Waals surface area (Å²) in [6, 6.07) is -2.18. The molecule has 3 amide bonds. The second-order valence-electron chi connectivity index (χ2n) is 24.1. The third-order valence-electron chi connectivity index (χ3n) is 16.2. The summed E-state index contributed by atoms with van der Waals surface area (Å²) in [5, 5.41) is 101. The molecule has 32 heteroatoms. The summed E-state index contributed by atoms with van der Waals surface area (Å²) in [5.74, 6) is -2.33. The van der Waals surface area contributed by atoms with Gasteiger partial charge in [0, 0.05) is 69.8 Å². The number of rotatable bonds is 30. The van der Waals surface area contributed by atoms with E-state index >= 15 is 0 Å². The number of hydrogen-bond donors (Lipinski definition) is 12. The van der Waals surface area contributed by atoms with Crippen LogP contribution in [-0.4, -0.2) is 289 Å². The number of β-amino-alcohol motifs (C(OH)–C–C–N with tert-alkyl or cyclic N) is 1. The third-order valence-corrected chi connectivity index (χ3v) is 18.7. The standard InChI is InChI=1S/C50H89N3O27P2.C4H10/c1-27-42(61)45(64)36(22-54)76-48(27)72-12-5-8-39(58)51-19-33(57)16-31(51)26-75-82(69,70)80-35-17-30(52(21-35)40(59)9-6-13-73-49-28(2)43(62)46(65)37(23-55)77-49)11-15-81(67,68)79-34-18-32(25-71-4)53(20-34)41(60)10-7-14-74-50-29(3)44(63)47(66)38(24-56)78-50;1-4(2)3/h27-38,42-50,54-57,61-66H,5-26H2,1-4H3,(H,67,68)(H,69,70);4H,1-3H3/t27?,28?,29?,30-,31+,32+,33-,34-,35-,36?,37?,38?,42-,43-,44-,45+,46+,47+,48-,49-,50-;/m1./s1. The van der Waals surface area contributed by atoms with E-state index in [4.69, 9.17) is 46.7 Å². The smallest absolute Gasteiger partial charge is 0.394 e. The number of aliphatic hydroxyl groups excluding tert-OH is 10. The highest BCUT2D eigenvalue weighted by Crippen LogP contribution is 2.50. The number of hydrogen-bond acceptors (Lipinski definition) is 25. The molecule has 0 spiro atoms. The van der Waals surface area contributed by atoms with E-state index in [1.165, 1.54) is 21.8 Å². The van der Waals surface area contributed by atoms with Crippen LogP contribution in [0.4, 0.5) is 0 Å². The average molecular weight is 1280 g/mol. The summed E-state index contributed by atoms with van der Waals surface area (Å²) in [4.78, 5) is 67.3. The number of likely N-dealkylation sites (tertiary alicyclic amines) is 3. The highest BCUT2D eigenvalue weighted by molar-refractivity contribution is 7.52. The number of amides is 3.